The van der Waals surface area contributed by atoms with Gasteiger partial charge in [-0.05, 0) is 19.8 Å². The number of rotatable bonds is 1. The average Bonchev–Trinajstić information content (AvgIpc) is 2.61. The van der Waals surface area contributed by atoms with Crippen LogP contribution in [0.3, 0.4) is 0 Å². The fourth-order valence-electron chi connectivity index (χ4n) is 2.48. The van der Waals surface area contributed by atoms with Crippen LogP contribution in [0, 0.1) is 0 Å². The van der Waals surface area contributed by atoms with Crippen molar-refractivity contribution in [3.63, 3.8) is 0 Å². The summed E-state index contributed by atoms with van der Waals surface area (Å²) < 4.78 is 0. The largest absolute Gasteiger partial charge is 0.340 e. The highest BCUT2D eigenvalue weighted by Crippen LogP contribution is 2.33. The predicted molar refractivity (Wildman–Crippen MR) is 51.6 cm³/mol. The molecule has 0 unspecified atom stereocenters. The highest BCUT2D eigenvalue weighted by molar-refractivity contribution is 5.98. The second-order valence-corrected chi connectivity index (χ2v) is 4.16. The first-order valence-corrected chi connectivity index (χ1v) is 5.28. The Balaban J connectivity index is 2.23. The van der Waals surface area contributed by atoms with E-state index in [4.69, 9.17) is 0 Å². The fraction of sp³-hybridized carbons (Fsp3) is 0.800. The van der Waals surface area contributed by atoms with Crippen molar-refractivity contribution in [3.8, 4) is 0 Å². The maximum Gasteiger partial charge on any atom is 0.248 e. The topological polar surface area (TPSA) is 49.4 Å². The van der Waals surface area contributed by atoms with Crippen molar-refractivity contribution in [2.75, 3.05) is 13.1 Å². The third-order valence-corrected chi connectivity index (χ3v) is 3.25. The van der Waals surface area contributed by atoms with Gasteiger partial charge in [-0.2, -0.15) is 0 Å². The molecule has 2 amide bonds. The molecule has 1 aliphatic heterocycles. The van der Waals surface area contributed by atoms with Crippen LogP contribution in [0.4, 0.5) is 0 Å². The van der Waals surface area contributed by atoms with E-state index in [1.165, 1.54) is 0 Å². The third kappa shape index (κ3) is 1.29. The molecular weight excluding hydrogens is 180 g/mol. The van der Waals surface area contributed by atoms with Crippen molar-refractivity contribution in [1.29, 1.82) is 0 Å². The predicted octanol–water partition coefficient (Wildman–Crippen LogP) is 0.277. The van der Waals surface area contributed by atoms with Crippen molar-refractivity contribution in [2.45, 2.75) is 38.1 Å². The molecule has 1 saturated heterocycles. The molecule has 1 saturated carbocycles. The van der Waals surface area contributed by atoms with Crippen molar-refractivity contribution in [3.05, 3.63) is 0 Å². The third-order valence-electron chi connectivity index (χ3n) is 3.25. The molecule has 4 nitrogen and oxygen atoms in total. The van der Waals surface area contributed by atoms with Crippen LogP contribution >= 0.6 is 0 Å². The fourth-order valence-corrected chi connectivity index (χ4v) is 2.48. The minimum absolute atomic E-state index is 0.00616. The Bertz CT molecular complexity index is 269. The molecule has 1 N–H and O–H groups in total. The summed E-state index contributed by atoms with van der Waals surface area (Å²) in [5.74, 6) is 0.116. The number of amides is 2. The number of carbonyl (C=O) groups excluding carboxylic acids is 2. The van der Waals surface area contributed by atoms with E-state index >= 15 is 0 Å². The van der Waals surface area contributed by atoms with Crippen LogP contribution in [0.25, 0.3) is 0 Å². The molecule has 0 bridgehead atoms. The summed E-state index contributed by atoms with van der Waals surface area (Å²) in [6.45, 7) is 2.78. The molecule has 2 aliphatic rings. The van der Waals surface area contributed by atoms with E-state index in [1.54, 1.807) is 4.90 Å². The van der Waals surface area contributed by atoms with Crippen molar-refractivity contribution < 1.29 is 9.59 Å². The molecule has 0 aromatic rings. The highest BCUT2D eigenvalue weighted by Gasteiger charge is 2.47. The van der Waals surface area contributed by atoms with E-state index in [0.717, 1.165) is 25.7 Å². The minimum atomic E-state index is -0.536. The monoisotopic (exact) mass is 196 g/mol. The maximum atomic E-state index is 12.0. The average molecular weight is 196 g/mol. The smallest absolute Gasteiger partial charge is 0.248 e. The standard InChI is InChI=1S/C10H16N2O2/c1-2-12-7-8(13)11-10(9(12)14)5-3-4-6-10/h2-7H2,1H3,(H,11,13). The molecule has 0 atom stereocenters. The molecule has 78 valence electrons. The number of hydrogen-bond donors (Lipinski definition) is 1. The Labute approximate surface area is 83.6 Å². The molecule has 14 heavy (non-hydrogen) atoms. The molecule has 2 rings (SSSR count). The van der Waals surface area contributed by atoms with Gasteiger partial charge in [0.25, 0.3) is 0 Å². The van der Waals surface area contributed by atoms with Gasteiger partial charge in [0.2, 0.25) is 11.8 Å². The summed E-state index contributed by atoms with van der Waals surface area (Å²) in [7, 11) is 0. The molecule has 0 aromatic heterocycles. The van der Waals surface area contributed by atoms with Crippen molar-refractivity contribution >= 4 is 11.8 Å². The zero-order valence-electron chi connectivity index (χ0n) is 8.51. The van der Waals surface area contributed by atoms with E-state index in [9.17, 15) is 9.59 Å². The molecule has 1 aliphatic carbocycles. The van der Waals surface area contributed by atoms with Crippen LogP contribution in [0.15, 0.2) is 0 Å². The van der Waals surface area contributed by atoms with E-state index in [0.29, 0.717) is 6.54 Å². The summed E-state index contributed by atoms with van der Waals surface area (Å²) in [4.78, 5) is 25.1. The molecule has 4 heteroatoms. The van der Waals surface area contributed by atoms with Crippen LogP contribution < -0.4 is 5.32 Å². The van der Waals surface area contributed by atoms with Gasteiger partial charge in [-0.25, -0.2) is 0 Å². The van der Waals surface area contributed by atoms with Gasteiger partial charge < -0.3 is 10.2 Å². The van der Waals surface area contributed by atoms with Crippen LogP contribution in [-0.2, 0) is 9.59 Å². The number of piperazine rings is 1. The lowest BCUT2D eigenvalue weighted by Gasteiger charge is -2.39. The molecular formula is C10H16N2O2. The van der Waals surface area contributed by atoms with Crippen LogP contribution in [-0.4, -0.2) is 35.3 Å². The lowest BCUT2D eigenvalue weighted by Crippen LogP contribution is -2.65. The molecule has 1 spiro atoms. The summed E-state index contributed by atoms with van der Waals surface area (Å²) in [6.07, 6.45) is 3.72. The van der Waals surface area contributed by atoms with Crippen LogP contribution in [0.5, 0.6) is 0 Å². The normalized spacial score (nSPS) is 25.6. The van der Waals surface area contributed by atoms with E-state index in [1.807, 2.05) is 6.92 Å². The number of carbonyl (C=O) groups is 2. The Morgan fingerprint density at radius 2 is 2.00 bits per heavy atom. The van der Waals surface area contributed by atoms with E-state index in [-0.39, 0.29) is 18.4 Å². The second-order valence-electron chi connectivity index (χ2n) is 4.16. The minimum Gasteiger partial charge on any atom is -0.340 e. The second kappa shape index (κ2) is 3.26. The SMILES string of the molecule is CCN1CC(=O)NC2(CCCC2)C1=O. The molecule has 1 heterocycles. The van der Waals surface area contributed by atoms with Crippen molar-refractivity contribution in [1.82, 2.24) is 10.2 Å². The van der Waals surface area contributed by atoms with Gasteiger partial charge in [-0.15, -0.1) is 0 Å². The quantitative estimate of drug-likeness (QED) is 0.654. The molecule has 2 fully saturated rings. The van der Waals surface area contributed by atoms with Crippen LogP contribution in [0.2, 0.25) is 0 Å². The number of hydrogen-bond acceptors (Lipinski definition) is 2. The van der Waals surface area contributed by atoms with Gasteiger partial charge in [0, 0.05) is 6.54 Å². The number of likely N-dealkylation sites (N-methyl/N-ethyl adjacent to an activating group) is 1. The Morgan fingerprint density at radius 1 is 1.36 bits per heavy atom. The maximum absolute atomic E-state index is 12.0. The van der Waals surface area contributed by atoms with E-state index < -0.39 is 5.54 Å². The van der Waals surface area contributed by atoms with Crippen LogP contribution in [0.1, 0.15) is 32.6 Å². The summed E-state index contributed by atoms with van der Waals surface area (Å²) >= 11 is 0. The summed E-state index contributed by atoms with van der Waals surface area (Å²) in [6, 6.07) is 0. The Morgan fingerprint density at radius 3 is 2.57 bits per heavy atom. The zero-order valence-corrected chi connectivity index (χ0v) is 8.51. The van der Waals surface area contributed by atoms with Gasteiger partial charge in [0.05, 0.1) is 6.54 Å². The van der Waals surface area contributed by atoms with Gasteiger partial charge in [-0.1, -0.05) is 12.8 Å². The molecule has 0 aromatic carbocycles. The first-order chi connectivity index (χ1) is 6.68. The van der Waals surface area contributed by atoms with E-state index in [2.05, 4.69) is 5.32 Å². The number of nitrogens with one attached hydrogen (secondary N) is 1. The summed E-state index contributed by atoms with van der Waals surface area (Å²) in [5, 5.41) is 2.88. The summed E-state index contributed by atoms with van der Waals surface area (Å²) in [5.41, 5.74) is -0.536. The molecule has 0 radical (unpaired) electrons. The van der Waals surface area contributed by atoms with Gasteiger partial charge in [-0.3, -0.25) is 9.59 Å². The lowest BCUT2D eigenvalue weighted by atomic mass is 9.93. The van der Waals surface area contributed by atoms with Gasteiger partial charge >= 0.3 is 0 Å². The lowest BCUT2D eigenvalue weighted by molar-refractivity contribution is -0.149. The van der Waals surface area contributed by atoms with Gasteiger partial charge in [0.1, 0.15) is 5.54 Å². The number of nitrogens with zero attached hydrogens (tertiary/aromatic N) is 1. The van der Waals surface area contributed by atoms with Gasteiger partial charge in [0.15, 0.2) is 0 Å². The zero-order chi connectivity index (χ0) is 10.2. The van der Waals surface area contributed by atoms with Crippen molar-refractivity contribution in [2.24, 2.45) is 0 Å². The Hall–Kier alpha value is -1.06. The highest BCUT2D eigenvalue weighted by atomic mass is 16.2. The Kier molecular flexibility index (Phi) is 2.21. The first-order valence-electron chi connectivity index (χ1n) is 5.28. The first kappa shape index (κ1) is 9.49.